The molecule has 52 heavy (non-hydrogen) atoms. The maximum Gasteiger partial charge on any atom is 0.331 e. The number of rotatable bonds is 14. The zero-order valence-electron chi connectivity index (χ0n) is 29.7. The summed E-state index contributed by atoms with van der Waals surface area (Å²) in [6.45, 7) is 6.96. The highest BCUT2D eigenvalue weighted by Crippen LogP contribution is 2.41. The molecule has 11 nitrogen and oxygen atoms in total. The van der Waals surface area contributed by atoms with E-state index in [1.165, 1.54) is 23.3 Å². The Kier molecular flexibility index (Phi) is 10.7. The van der Waals surface area contributed by atoms with Gasteiger partial charge in [-0.05, 0) is 123 Å². The molecular formula is C41H49N5O6. The predicted molar refractivity (Wildman–Crippen MR) is 199 cm³/mol. The SMILES string of the molecule is Cc1cccc2c1CC[C@]2(NCc1cccc(C(=O)NCCCCNCC(O)c2ccc(O)c3[nH]c(=O)ccc23)c1)C(=O)OC1CN2CCC1CC2. The van der Waals surface area contributed by atoms with Crippen molar-refractivity contribution in [1.82, 2.24) is 25.8 Å². The summed E-state index contributed by atoms with van der Waals surface area (Å²) in [7, 11) is 0. The molecule has 4 aromatic rings. The monoisotopic (exact) mass is 707 g/mol. The Hall–Kier alpha value is -4.55. The van der Waals surface area contributed by atoms with Gasteiger partial charge in [0.05, 0.1) is 11.6 Å². The highest BCUT2D eigenvalue weighted by molar-refractivity contribution is 5.94. The Morgan fingerprint density at radius 2 is 1.85 bits per heavy atom. The van der Waals surface area contributed by atoms with Crippen LogP contribution < -0.4 is 21.5 Å². The molecule has 4 heterocycles. The van der Waals surface area contributed by atoms with Gasteiger partial charge in [-0.15, -0.1) is 0 Å². The van der Waals surface area contributed by atoms with E-state index in [1.54, 1.807) is 18.2 Å². The summed E-state index contributed by atoms with van der Waals surface area (Å²) in [4.78, 5) is 44.0. The molecule has 1 aromatic heterocycles. The summed E-state index contributed by atoms with van der Waals surface area (Å²) in [6, 6.07) is 19.8. The van der Waals surface area contributed by atoms with Crippen LogP contribution in [0, 0.1) is 12.8 Å². The number of carbonyl (C=O) groups excluding carboxylic acids is 2. The molecule has 4 aliphatic rings. The number of aryl methyl sites for hydroxylation is 1. The molecular weight excluding hydrogens is 658 g/mol. The number of esters is 1. The minimum absolute atomic E-state index is 0.0441. The number of phenolic OH excluding ortho intramolecular Hbond substituents is 1. The Morgan fingerprint density at radius 3 is 2.65 bits per heavy atom. The molecule has 3 saturated heterocycles. The lowest BCUT2D eigenvalue weighted by molar-refractivity contribution is -0.167. The molecule has 8 rings (SSSR count). The fourth-order valence-corrected chi connectivity index (χ4v) is 8.28. The fraction of sp³-hybridized carbons (Fsp3) is 0.439. The number of amides is 1. The van der Waals surface area contributed by atoms with Crippen molar-refractivity contribution < 1.29 is 24.5 Å². The van der Waals surface area contributed by atoms with Gasteiger partial charge in [-0.3, -0.25) is 19.8 Å². The molecule has 3 aliphatic heterocycles. The van der Waals surface area contributed by atoms with Crippen LogP contribution in [0.4, 0.5) is 0 Å². The highest BCUT2D eigenvalue weighted by Gasteiger charge is 2.49. The second-order valence-electron chi connectivity index (χ2n) is 14.6. The molecule has 2 unspecified atom stereocenters. The van der Waals surface area contributed by atoms with Crippen molar-refractivity contribution >= 4 is 22.8 Å². The first-order valence-corrected chi connectivity index (χ1v) is 18.6. The number of phenols is 1. The Balaban J connectivity index is 0.900. The first-order chi connectivity index (χ1) is 25.2. The van der Waals surface area contributed by atoms with E-state index >= 15 is 0 Å². The van der Waals surface area contributed by atoms with Crippen molar-refractivity contribution in [2.24, 2.45) is 5.92 Å². The minimum Gasteiger partial charge on any atom is -0.506 e. The Labute approximate surface area is 303 Å². The second-order valence-corrected chi connectivity index (χ2v) is 14.6. The van der Waals surface area contributed by atoms with Crippen molar-refractivity contribution in [1.29, 1.82) is 0 Å². The van der Waals surface area contributed by atoms with Crippen molar-refractivity contribution in [3.8, 4) is 5.75 Å². The number of unbranched alkanes of at least 4 members (excludes halogenated alkanes) is 1. The van der Waals surface area contributed by atoms with Crippen molar-refractivity contribution in [3.63, 3.8) is 0 Å². The van der Waals surface area contributed by atoms with Gasteiger partial charge in [0, 0.05) is 43.2 Å². The van der Waals surface area contributed by atoms with E-state index in [-0.39, 0.29) is 29.3 Å². The number of carbonyl (C=O) groups is 2. The number of fused-ring (bicyclic) bond motifs is 5. The van der Waals surface area contributed by atoms with Crippen molar-refractivity contribution in [2.75, 3.05) is 39.3 Å². The van der Waals surface area contributed by atoms with Gasteiger partial charge >= 0.3 is 5.97 Å². The molecule has 2 bridgehead atoms. The van der Waals surface area contributed by atoms with Gasteiger partial charge in [-0.1, -0.05) is 36.4 Å². The van der Waals surface area contributed by atoms with Crippen LogP contribution in [-0.4, -0.2) is 77.3 Å². The number of aromatic nitrogens is 1. The van der Waals surface area contributed by atoms with E-state index < -0.39 is 11.6 Å². The number of H-pyrrole nitrogens is 1. The van der Waals surface area contributed by atoms with Crippen LogP contribution in [0.2, 0.25) is 0 Å². The predicted octanol–water partition coefficient (Wildman–Crippen LogP) is 3.94. The van der Waals surface area contributed by atoms with Gasteiger partial charge in [0.1, 0.15) is 17.4 Å². The number of hydrogen-bond acceptors (Lipinski definition) is 9. The number of aromatic hydroxyl groups is 1. The molecule has 0 spiro atoms. The first-order valence-electron chi connectivity index (χ1n) is 18.6. The zero-order valence-corrected chi connectivity index (χ0v) is 29.7. The molecule has 1 amide bonds. The summed E-state index contributed by atoms with van der Waals surface area (Å²) >= 11 is 0. The maximum absolute atomic E-state index is 14.2. The Morgan fingerprint density at radius 1 is 1.04 bits per heavy atom. The molecule has 0 radical (unpaired) electrons. The fourth-order valence-electron chi connectivity index (χ4n) is 8.28. The number of benzene rings is 3. The summed E-state index contributed by atoms with van der Waals surface area (Å²) in [6.07, 6.45) is 4.25. The largest absolute Gasteiger partial charge is 0.506 e. The maximum atomic E-state index is 14.2. The molecule has 0 saturated carbocycles. The van der Waals surface area contributed by atoms with E-state index in [4.69, 9.17) is 4.74 Å². The van der Waals surface area contributed by atoms with Crippen LogP contribution >= 0.6 is 0 Å². The summed E-state index contributed by atoms with van der Waals surface area (Å²) < 4.78 is 6.35. The van der Waals surface area contributed by atoms with Crippen LogP contribution in [0.1, 0.15) is 76.4 Å². The number of hydrogen-bond donors (Lipinski definition) is 6. The zero-order chi connectivity index (χ0) is 36.2. The van der Waals surface area contributed by atoms with Crippen molar-refractivity contribution in [3.05, 3.63) is 110 Å². The first kappa shape index (κ1) is 35.8. The third-order valence-electron chi connectivity index (χ3n) is 11.3. The third kappa shape index (κ3) is 7.50. The topological polar surface area (TPSA) is 156 Å². The van der Waals surface area contributed by atoms with Crippen molar-refractivity contribution in [2.45, 2.75) is 69.7 Å². The van der Waals surface area contributed by atoms with E-state index in [0.29, 0.717) is 60.5 Å². The number of ether oxygens (including phenoxy) is 1. The number of aromatic amines is 1. The van der Waals surface area contributed by atoms with Crippen LogP contribution in [0.15, 0.2) is 71.5 Å². The van der Waals surface area contributed by atoms with Gasteiger partial charge in [0.25, 0.3) is 5.91 Å². The molecule has 274 valence electrons. The van der Waals surface area contributed by atoms with Crippen LogP contribution in [0.25, 0.3) is 10.9 Å². The number of piperidine rings is 3. The molecule has 6 N–H and O–H groups in total. The standard InChI is InChI=1S/C41H49N5O6/c1-26-6-4-9-33-30(26)14-17-41(33,40(51)52-36-25-46-20-15-28(36)16-21-46)44-23-27-7-5-8-29(22-27)39(50)43-19-3-2-18-42-24-35(48)31-10-12-34(47)38-32(31)11-13-37(49)45-38/h4-13,22,28,35-36,42,44,47-48H,2-3,14-21,23-25H2,1H3,(H,43,50)(H,45,49)/t35?,36?,41-/m1/s1. The summed E-state index contributed by atoms with van der Waals surface area (Å²) in [5, 5.41) is 31.3. The average molecular weight is 708 g/mol. The number of aliphatic hydroxyl groups is 1. The lowest BCUT2D eigenvalue weighted by Gasteiger charge is -2.45. The van der Waals surface area contributed by atoms with Crippen LogP contribution in [-0.2, 0) is 28.0 Å². The van der Waals surface area contributed by atoms with E-state index in [1.807, 2.05) is 24.3 Å². The summed E-state index contributed by atoms with van der Waals surface area (Å²) in [5.74, 6) is 0.0364. The lowest BCUT2D eigenvalue weighted by Crippen LogP contribution is -2.55. The smallest absolute Gasteiger partial charge is 0.331 e. The van der Waals surface area contributed by atoms with E-state index in [2.05, 4.69) is 44.9 Å². The van der Waals surface area contributed by atoms with Gasteiger partial charge in [0.15, 0.2) is 0 Å². The van der Waals surface area contributed by atoms with Gasteiger partial charge in [-0.2, -0.15) is 0 Å². The lowest BCUT2D eigenvalue weighted by atomic mass is 9.85. The second kappa shape index (κ2) is 15.6. The quantitative estimate of drug-likeness (QED) is 0.0845. The number of nitrogens with one attached hydrogen (secondary N) is 4. The normalized spacial score (nSPS) is 22.6. The van der Waals surface area contributed by atoms with Gasteiger partial charge < -0.3 is 30.6 Å². The molecule has 3 aromatic carbocycles. The van der Waals surface area contributed by atoms with Gasteiger partial charge in [-0.25, -0.2) is 4.79 Å². The number of pyridine rings is 1. The molecule has 11 heteroatoms. The van der Waals surface area contributed by atoms with Crippen LogP contribution in [0.3, 0.4) is 0 Å². The number of nitrogens with zero attached hydrogens (tertiary/aromatic N) is 1. The van der Waals surface area contributed by atoms with Crippen LogP contribution in [0.5, 0.6) is 5.75 Å². The third-order valence-corrected chi connectivity index (χ3v) is 11.3. The average Bonchev–Trinajstić information content (AvgIpc) is 3.55. The minimum atomic E-state index is -0.937. The van der Waals surface area contributed by atoms with Gasteiger partial charge in [0.2, 0.25) is 5.56 Å². The molecule has 3 fully saturated rings. The van der Waals surface area contributed by atoms with E-state index in [0.717, 1.165) is 62.9 Å². The Bertz CT molecular complexity index is 1990. The highest BCUT2D eigenvalue weighted by atomic mass is 16.5. The molecule has 3 atom stereocenters. The summed E-state index contributed by atoms with van der Waals surface area (Å²) in [5.41, 5.74) is 4.54. The molecule has 1 aliphatic carbocycles. The van der Waals surface area contributed by atoms with E-state index in [9.17, 15) is 24.6 Å². The number of aliphatic hydroxyl groups excluding tert-OH is 1.